The SMILES string of the molecule is CC(c1ccnc(Cc2nc3ccc(-c4cnn(CC5CCC5)c4)cc3[nH]2)c1)N1CCN(C(=O)OC(F)(F)F)CC1. The van der Waals surface area contributed by atoms with Crippen LogP contribution < -0.4 is 0 Å². The summed E-state index contributed by atoms with van der Waals surface area (Å²) in [5.41, 5.74) is 5.92. The molecule has 9 nitrogen and oxygen atoms in total. The molecule has 3 aromatic heterocycles. The Hall–Kier alpha value is -3.93. The number of imidazole rings is 1. The van der Waals surface area contributed by atoms with E-state index in [0.717, 1.165) is 56.6 Å². The van der Waals surface area contributed by atoms with Gasteiger partial charge in [-0.25, -0.2) is 9.78 Å². The van der Waals surface area contributed by atoms with Gasteiger partial charge >= 0.3 is 12.5 Å². The van der Waals surface area contributed by atoms with Crippen LogP contribution in [0.3, 0.4) is 0 Å². The summed E-state index contributed by atoms with van der Waals surface area (Å²) < 4.78 is 42.7. The smallest absolute Gasteiger partial charge is 0.356 e. The number of hydrogen-bond donors (Lipinski definition) is 1. The van der Waals surface area contributed by atoms with Crippen LogP contribution in [-0.4, -0.2) is 73.2 Å². The first-order valence-corrected chi connectivity index (χ1v) is 14.0. The second-order valence-electron chi connectivity index (χ2n) is 10.9. The minimum atomic E-state index is -4.98. The predicted octanol–water partition coefficient (Wildman–Crippen LogP) is 5.55. The molecule has 4 heterocycles. The zero-order valence-corrected chi connectivity index (χ0v) is 22.8. The number of halogens is 3. The first-order chi connectivity index (χ1) is 19.7. The number of carbonyl (C=O) groups is 1. The first kappa shape index (κ1) is 27.3. The number of aromatic nitrogens is 5. The highest BCUT2D eigenvalue weighted by Gasteiger charge is 2.37. The number of piperazine rings is 1. The lowest BCUT2D eigenvalue weighted by Gasteiger charge is -2.37. The van der Waals surface area contributed by atoms with E-state index in [1.165, 1.54) is 19.3 Å². The number of alkyl halides is 3. The van der Waals surface area contributed by atoms with Gasteiger partial charge in [0.15, 0.2) is 0 Å². The van der Waals surface area contributed by atoms with Gasteiger partial charge in [-0.05, 0) is 61.1 Å². The van der Waals surface area contributed by atoms with Gasteiger partial charge in [-0.2, -0.15) is 5.10 Å². The molecule has 1 aliphatic carbocycles. The molecule has 1 saturated carbocycles. The lowest BCUT2D eigenvalue weighted by Crippen LogP contribution is -2.50. The van der Waals surface area contributed by atoms with Crippen molar-refractivity contribution < 1.29 is 22.7 Å². The number of ether oxygens (including phenoxy) is 1. The van der Waals surface area contributed by atoms with Crippen molar-refractivity contribution in [3.05, 3.63) is 66.0 Å². The second kappa shape index (κ2) is 11.2. The van der Waals surface area contributed by atoms with Crippen LogP contribution in [0.15, 0.2) is 48.9 Å². The Morgan fingerprint density at radius 1 is 1.12 bits per heavy atom. The normalized spacial score (nSPS) is 17.5. The fraction of sp³-hybridized carbons (Fsp3) is 0.448. The molecule has 0 spiro atoms. The Kier molecular flexibility index (Phi) is 7.41. The molecule has 12 heteroatoms. The Labute approximate surface area is 235 Å². The van der Waals surface area contributed by atoms with E-state index in [1.54, 1.807) is 6.20 Å². The van der Waals surface area contributed by atoms with Crippen molar-refractivity contribution in [1.82, 2.24) is 34.5 Å². The molecule has 1 atom stereocenters. The van der Waals surface area contributed by atoms with Crippen molar-refractivity contribution in [2.45, 2.75) is 51.6 Å². The van der Waals surface area contributed by atoms with Crippen LogP contribution in [0.4, 0.5) is 18.0 Å². The van der Waals surface area contributed by atoms with Gasteiger partial charge in [-0.1, -0.05) is 12.5 Å². The average Bonchev–Trinajstić information content (AvgIpc) is 3.56. The van der Waals surface area contributed by atoms with Crippen molar-refractivity contribution >= 4 is 17.1 Å². The summed E-state index contributed by atoms with van der Waals surface area (Å²) in [6, 6.07) is 10.2. The standard InChI is InChI=1S/C29H32F3N7O2/c1-19(37-9-11-38(12-10-37)28(40)41-29(30,31)32)21-7-8-33-24(13-21)15-27-35-25-6-5-22(14-26(25)36-27)23-16-34-39(18-23)17-20-3-2-4-20/h5-8,13-14,16,18-20H,2-4,9-12,15,17H2,1H3,(H,35,36). The van der Waals surface area contributed by atoms with Gasteiger partial charge in [0.2, 0.25) is 0 Å². The monoisotopic (exact) mass is 567 g/mol. The van der Waals surface area contributed by atoms with E-state index in [0.29, 0.717) is 19.5 Å². The molecule has 6 rings (SSSR count). The highest BCUT2D eigenvalue weighted by Crippen LogP contribution is 2.29. The first-order valence-electron chi connectivity index (χ1n) is 14.0. The summed E-state index contributed by atoms with van der Waals surface area (Å²) in [4.78, 5) is 27.7. The third-order valence-electron chi connectivity index (χ3n) is 8.16. The lowest BCUT2D eigenvalue weighted by atomic mass is 9.85. The third kappa shape index (κ3) is 6.37. The van der Waals surface area contributed by atoms with Crippen molar-refractivity contribution in [2.75, 3.05) is 26.2 Å². The summed E-state index contributed by atoms with van der Waals surface area (Å²) in [6.07, 6.45) is 3.90. The molecular formula is C29H32F3N7O2. The number of nitrogens with one attached hydrogen (secondary N) is 1. The van der Waals surface area contributed by atoms with Crippen LogP contribution in [0.5, 0.6) is 0 Å². The fourth-order valence-corrected chi connectivity index (χ4v) is 5.57. The van der Waals surface area contributed by atoms with E-state index in [-0.39, 0.29) is 19.1 Å². The van der Waals surface area contributed by atoms with Crippen LogP contribution in [0.25, 0.3) is 22.2 Å². The van der Waals surface area contributed by atoms with E-state index in [2.05, 4.69) is 43.0 Å². The zero-order valence-electron chi connectivity index (χ0n) is 22.8. The van der Waals surface area contributed by atoms with Gasteiger partial charge in [0.1, 0.15) is 5.82 Å². The third-order valence-corrected chi connectivity index (χ3v) is 8.16. The Balaban J connectivity index is 1.09. The molecule has 1 N–H and O–H groups in total. The number of hydrogen-bond acceptors (Lipinski definition) is 6. The maximum absolute atomic E-state index is 12.4. The van der Waals surface area contributed by atoms with E-state index >= 15 is 0 Å². The number of pyridine rings is 1. The number of amides is 1. The highest BCUT2D eigenvalue weighted by atomic mass is 19.4. The number of aromatic amines is 1. The summed E-state index contributed by atoms with van der Waals surface area (Å²) in [7, 11) is 0. The molecule has 216 valence electrons. The molecule has 1 unspecified atom stereocenters. The summed E-state index contributed by atoms with van der Waals surface area (Å²) in [6.45, 7) is 4.24. The van der Waals surface area contributed by atoms with Crippen molar-refractivity contribution in [3.63, 3.8) is 0 Å². The predicted molar refractivity (Wildman–Crippen MR) is 146 cm³/mol. The molecular weight excluding hydrogens is 535 g/mol. The largest absolute Gasteiger partial charge is 0.576 e. The topological polar surface area (TPSA) is 92.2 Å². The zero-order chi connectivity index (χ0) is 28.6. The number of fused-ring (bicyclic) bond motifs is 1. The summed E-state index contributed by atoms with van der Waals surface area (Å²) in [5.74, 6) is 1.56. The van der Waals surface area contributed by atoms with Gasteiger partial charge in [-0.3, -0.25) is 14.6 Å². The van der Waals surface area contributed by atoms with Crippen LogP contribution >= 0.6 is 0 Å². The summed E-state index contributed by atoms with van der Waals surface area (Å²) in [5, 5.41) is 4.55. The Bertz CT molecular complexity index is 1520. The Morgan fingerprint density at radius 3 is 2.66 bits per heavy atom. The minimum Gasteiger partial charge on any atom is -0.356 e. The fourth-order valence-electron chi connectivity index (χ4n) is 5.57. The molecule has 1 aromatic carbocycles. The number of nitrogens with zero attached hydrogens (tertiary/aromatic N) is 6. The Morgan fingerprint density at radius 2 is 1.93 bits per heavy atom. The van der Waals surface area contributed by atoms with E-state index in [4.69, 9.17) is 4.98 Å². The van der Waals surface area contributed by atoms with Gasteiger partial charge in [-0.15, -0.1) is 13.2 Å². The van der Waals surface area contributed by atoms with Gasteiger partial charge < -0.3 is 14.6 Å². The highest BCUT2D eigenvalue weighted by molar-refractivity contribution is 5.81. The van der Waals surface area contributed by atoms with Crippen LogP contribution in [0.2, 0.25) is 0 Å². The number of H-pyrrole nitrogens is 1. The second-order valence-corrected chi connectivity index (χ2v) is 10.9. The molecule has 1 amide bonds. The summed E-state index contributed by atoms with van der Waals surface area (Å²) >= 11 is 0. The van der Waals surface area contributed by atoms with Crippen molar-refractivity contribution in [3.8, 4) is 11.1 Å². The van der Waals surface area contributed by atoms with E-state index in [9.17, 15) is 18.0 Å². The van der Waals surface area contributed by atoms with E-state index < -0.39 is 12.5 Å². The molecule has 2 aliphatic rings. The quantitative estimate of drug-likeness (QED) is 0.315. The molecule has 1 saturated heterocycles. The molecule has 0 radical (unpaired) electrons. The number of carbonyl (C=O) groups excluding carboxylic acids is 1. The van der Waals surface area contributed by atoms with Gasteiger partial charge in [0.05, 0.1) is 17.2 Å². The van der Waals surface area contributed by atoms with E-state index in [1.807, 2.05) is 36.0 Å². The van der Waals surface area contributed by atoms with Gasteiger partial charge in [0, 0.05) is 68.8 Å². The average molecular weight is 568 g/mol. The maximum atomic E-state index is 12.4. The molecule has 1 aliphatic heterocycles. The van der Waals surface area contributed by atoms with Crippen molar-refractivity contribution in [1.29, 1.82) is 0 Å². The lowest BCUT2D eigenvalue weighted by molar-refractivity contribution is -0.295. The number of benzene rings is 1. The van der Waals surface area contributed by atoms with Crippen LogP contribution in [0.1, 0.15) is 49.3 Å². The molecule has 4 aromatic rings. The van der Waals surface area contributed by atoms with Crippen molar-refractivity contribution in [2.24, 2.45) is 5.92 Å². The molecule has 0 bridgehead atoms. The van der Waals surface area contributed by atoms with Crippen LogP contribution in [0, 0.1) is 5.92 Å². The molecule has 2 fully saturated rings. The molecule has 41 heavy (non-hydrogen) atoms. The van der Waals surface area contributed by atoms with Crippen LogP contribution in [-0.2, 0) is 17.7 Å². The number of rotatable bonds is 7. The maximum Gasteiger partial charge on any atom is 0.576 e. The van der Waals surface area contributed by atoms with Gasteiger partial charge in [0.25, 0.3) is 0 Å². The minimum absolute atomic E-state index is 0.000904.